The summed E-state index contributed by atoms with van der Waals surface area (Å²) < 4.78 is 24.6. The standard InChI is InChI=1S/C32H42FN7O5/c1-8-38(31(43)44-32(4,5)6)13-14-39(20-29(42)37(7)40-18-24-11-12-26(33)15-25(24)19-40)28(41)17-34-27-16-23(10-9-21(27)2)30-35-22(3)36-45-30/h9-12,15-16,34H,8,13-14,17-20H2,1-7H3. The van der Waals surface area contributed by atoms with Crippen LogP contribution in [0.25, 0.3) is 11.5 Å². The summed E-state index contributed by atoms with van der Waals surface area (Å²) in [5, 5.41) is 10.3. The average Bonchev–Trinajstić information content (AvgIpc) is 3.60. The zero-order chi connectivity index (χ0) is 32.9. The van der Waals surface area contributed by atoms with E-state index in [1.54, 1.807) is 45.8 Å². The summed E-state index contributed by atoms with van der Waals surface area (Å²) in [6, 6.07) is 10.2. The highest BCUT2D eigenvalue weighted by Crippen LogP contribution is 2.26. The Bertz CT molecular complexity index is 1540. The van der Waals surface area contributed by atoms with E-state index in [-0.39, 0.29) is 43.8 Å². The molecular formula is C32H42FN7O5. The number of carbonyl (C=O) groups is 3. The number of hydrazine groups is 1. The lowest BCUT2D eigenvalue weighted by molar-refractivity contribution is -0.151. The topological polar surface area (TPSA) is 124 Å². The molecule has 242 valence electrons. The molecule has 4 rings (SSSR count). The molecule has 0 saturated carbocycles. The molecule has 0 radical (unpaired) electrons. The van der Waals surface area contributed by atoms with Gasteiger partial charge in [-0.1, -0.05) is 17.3 Å². The zero-order valence-electron chi connectivity index (χ0n) is 27.0. The van der Waals surface area contributed by atoms with Crippen LogP contribution in [0.5, 0.6) is 0 Å². The van der Waals surface area contributed by atoms with E-state index in [2.05, 4.69) is 15.5 Å². The molecule has 3 amide bonds. The lowest BCUT2D eigenvalue weighted by Crippen LogP contribution is -2.50. The normalized spacial score (nSPS) is 12.9. The molecule has 13 heteroatoms. The van der Waals surface area contributed by atoms with Crippen LogP contribution in [0.2, 0.25) is 0 Å². The summed E-state index contributed by atoms with van der Waals surface area (Å²) in [7, 11) is 1.64. The van der Waals surface area contributed by atoms with E-state index in [0.29, 0.717) is 42.6 Å². The summed E-state index contributed by atoms with van der Waals surface area (Å²) in [6.07, 6.45) is -0.496. The molecule has 0 unspecified atom stereocenters. The van der Waals surface area contributed by atoms with Gasteiger partial charge in [0.15, 0.2) is 5.82 Å². The monoisotopic (exact) mass is 623 g/mol. The number of nitrogens with one attached hydrogen (secondary N) is 1. The van der Waals surface area contributed by atoms with Gasteiger partial charge in [-0.3, -0.25) is 14.6 Å². The average molecular weight is 624 g/mol. The summed E-state index contributed by atoms with van der Waals surface area (Å²) >= 11 is 0. The first-order valence-corrected chi connectivity index (χ1v) is 14.9. The quantitative estimate of drug-likeness (QED) is 0.331. The molecular weight excluding hydrogens is 581 g/mol. The maximum atomic E-state index is 13.8. The maximum Gasteiger partial charge on any atom is 0.410 e. The fourth-order valence-corrected chi connectivity index (χ4v) is 4.86. The van der Waals surface area contributed by atoms with Crippen LogP contribution in [0.15, 0.2) is 40.9 Å². The number of hydrogen-bond donors (Lipinski definition) is 1. The summed E-state index contributed by atoms with van der Waals surface area (Å²) in [4.78, 5) is 47.1. The first-order valence-electron chi connectivity index (χ1n) is 14.9. The Kier molecular flexibility index (Phi) is 10.4. The van der Waals surface area contributed by atoms with Gasteiger partial charge in [0.05, 0.1) is 6.54 Å². The van der Waals surface area contributed by atoms with Crippen molar-refractivity contribution in [2.45, 2.75) is 60.2 Å². The van der Waals surface area contributed by atoms with Gasteiger partial charge in [0, 0.05) is 51.0 Å². The SMILES string of the molecule is CCN(CCN(CC(=O)N(C)N1Cc2ccc(F)cc2C1)C(=O)CNc1cc(-c2nc(C)no2)ccc1C)C(=O)OC(C)(C)C. The Labute approximate surface area is 263 Å². The number of nitrogens with zero attached hydrogens (tertiary/aromatic N) is 6. The van der Waals surface area contributed by atoms with Gasteiger partial charge in [-0.25, -0.2) is 14.2 Å². The minimum Gasteiger partial charge on any atom is -0.444 e. The Balaban J connectivity index is 1.47. The number of likely N-dealkylation sites (N-methyl/N-ethyl adjacent to an activating group) is 2. The van der Waals surface area contributed by atoms with Crippen LogP contribution in [0.3, 0.4) is 0 Å². The summed E-state index contributed by atoms with van der Waals surface area (Å²) in [5.74, 6) is -0.0971. The molecule has 2 heterocycles. The fourth-order valence-electron chi connectivity index (χ4n) is 4.86. The molecule has 0 atom stereocenters. The van der Waals surface area contributed by atoms with Crippen LogP contribution in [0.4, 0.5) is 14.9 Å². The highest BCUT2D eigenvalue weighted by molar-refractivity contribution is 5.87. The second-order valence-corrected chi connectivity index (χ2v) is 12.1. The van der Waals surface area contributed by atoms with Gasteiger partial charge in [-0.2, -0.15) is 4.98 Å². The molecule has 45 heavy (non-hydrogen) atoms. The molecule has 1 aliphatic heterocycles. The predicted octanol–water partition coefficient (Wildman–Crippen LogP) is 4.38. The molecule has 0 aliphatic carbocycles. The van der Waals surface area contributed by atoms with Gasteiger partial charge < -0.3 is 24.4 Å². The van der Waals surface area contributed by atoms with Crippen molar-refractivity contribution in [3.8, 4) is 11.5 Å². The van der Waals surface area contributed by atoms with Crippen LogP contribution in [-0.4, -0.2) is 93.2 Å². The van der Waals surface area contributed by atoms with Gasteiger partial charge in [0.2, 0.25) is 5.91 Å². The highest BCUT2D eigenvalue weighted by Gasteiger charge is 2.29. The number of fused-ring (bicyclic) bond motifs is 1. The predicted molar refractivity (Wildman–Crippen MR) is 166 cm³/mol. The van der Waals surface area contributed by atoms with Gasteiger partial charge in [-0.15, -0.1) is 0 Å². The Morgan fingerprint density at radius 1 is 1.02 bits per heavy atom. The van der Waals surface area contributed by atoms with E-state index >= 15 is 0 Å². The molecule has 1 aliphatic rings. The van der Waals surface area contributed by atoms with Crippen molar-refractivity contribution in [3.05, 3.63) is 64.7 Å². The third kappa shape index (κ3) is 8.78. The van der Waals surface area contributed by atoms with E-state index in [4.69, 9.17) is 9.26 Å². The fraction of sp³-hybridized carbons (Fsp3) is 0.469. The van der Waals surface area contributed by atoms with Crippen molar-refractivity contribution in [2.75, 3.05) is 45.1 Å². The van der Waals surface area contributed by atoms with Crippen molar-refractivity contribution in [3.63, 3.8) is 0 Å². The first kappa shape index (κ1) is 33.4. The van der Waals surface area contributed by atoms with Crippen molar-refractivity contribution in [2.24, 2.45) is 0 Å². The molecule has 2 aromatic carbocycles. The van der Waals surface area contributed by atoms with Crippen molar-refractivity contribution in [1.29, 1.82) is 0 Å². The molecule has 0 spiro atoms. The minimum atomic E-state index is -0.675. The van der Waals surface area contributed by atoms with Crippen LogP contribution < -0.4 is 5.32 Å². The molecule has 12 nitrogen and oxygen atoms in total. The van der Waals surface area contributed by atoms with Crippen molar-refractivity contribution >= 4 is 23.6 Å². The van der Waals surface area contributed by atoms with Gasteiger partial charge >= 0.3 is 6.09 Å². The lowest BCUT2D eigenvalue weighted by Gasteiger charge is -2.32. The van der Waals surface area contributed by atoms with Gasteiger partial charge in [0.25, 0.3) is 11.8 Å². The number of hydrogen-bond acceptors (Lipinski definition) is 9. The van der Waals surface area contributed by atoms with E-state index < -0.39 is 11.7 Å². The number of carbonyl (C=O) groups excluding carboxylic acids is 3. The van der Waals surface area contributed by atoms with Crippen LogP contribution >= 0.6 is 0 Å². The number of benzene rings is 2. The van der Waals surface area contributed by atoms with Gasteiger partial charge in [0.1, 0.15) is 18.0 Å². The highest BCUT2D eigenvalue weighted by atomic mass is 19.1. The number of halogens is 1. The van der Waals surface area contributed by atoms with E-state index in [9.17, 15) is 18.8 Å². The molecule has 0 fully saturated rings. The number of anilines is 1. The lowest BCUT2D eigenvalue weighted by atomic mass is 10.1. The Morgan fingerprint density at radius 2 is 1.73 bits per heavy atom. The maximum absolute atomic E-state index is 13.8. The number of aromatic nitrogens is 2. The van der Waals surface area contributed by atoms with Crippen LogP contribution in [-0.2, 0) is 27.4 Å². The van der Waals surface area contributed by atoms with E-state index in [1.807, 2.05) is 32.0 Å². The van der Waals surface area contributed by atoms with Crippen LogP contribution in [0.1, 0.15) is 50.2 Å². The Hall–Kier alpha value is -4.52. The molecule has 3 aromatic rings. The molecule has 0 saturated heterocycles. The zero-order valence-corrected chi connectivity index (χ0v) is 27.0. The smallest absolute Gasteiger partial charge is 0.410 e. The van der Waals surface area contributed by atoms with Crippen molar-refractivity contribution < 1.29 is 28.0 Å². The number of amides is 3. The van der Waals surface area contributed by atoms with E-state index in [0.717, 1.165) is 16.7 Å². The first-order chi connectivity index (χ1) is 21.2. The minimum absolute atomic E-state index is 0.100. The largest absolute Gasteiger partial charge is 0.444 e. The van der Waals surface area contributed by atoms with Gasteiger partial charge in [-0.05, 0) is 82.5 Å². The van der Waals surface area contributed by atoms with Crippen molar-refractivity contribution in [1.82, 2.24) is 30.0 Å². The second-order valence-electron chi connectivity index (χ2n) is 12.1. The molecule has 1 N–H and O–H groups in total. The number of ether oxygens (including phenoxy) is 1. The third-order valence-corrected chi connectivity index (χ3v) is 7.45. The summed E-state index contributed by atoms with van der Waals surface area (Å²) in [6.45, 7) is 12.0. The Morgan fingerprint density at radius 3 is 2.40 bits per heavy atom. The van der Waals surface area contributed by atoms with E-state index in [1.165, 1.54) is 26.9 Å². The van der Waals surface area contributed by atoms with Crippen LogP contribution in [0, 0.1) is 19.7 Å². The third-order valence-electron chi connectivity index (χ3n) is 7.45. The summed E-state index contributed by atoms with van der Waals surface area (Å²) in [5.41, 5.74) is 3.38. The molecule has 0 bridgehead atoms. The molecule has 1 aromatic heterocycles. The number of aryl methyl sites for hydroxylation is 2. The number of rotatable bonds is 11. The second kappa shape index (κ2) is 14.1.